The van der Waals surface area contributed by atoms with Crippen LogP contribution >= 0.6 is 11.8 Å². The fraction of sp³-hybridized carbons (Fsp3) is 0.704. The molecule has 5 aliphatic rings. The molecule has 0 aliphatic heterocycles. The Morgan fingerprint density at radius 1 is 1.10 bits per heavy atom. The van der Waals surface area contributed by atoms with E-state index in [4.69, 9.17) is 5.73 Å². The molecule has 2 atom stereocenters. The topological polar surface area (TPSA) is 55.5 Å². The maximum Gasteiger partial charge on any atom is 0.251 e. The van der Waals surface area contributed by atoms with Gasteiger partial charge in [-0.05, 0) is 105 Å². The van der Waals surface area contributed by atoms with Gasteiger partial charge in [0, 0.05) is 11.5 Å². The molecular weight excluding hydrogens is 400 g/mol. The number of hydrogen-bond donors (Lipinski definition) is 1. The molecule has 6 rings (SSSR count). The Morgan fingerprint density at radius 3 is 2.39 bits per heavy atom. The van der Waals surface area contributed by atoms with Crippen molar-refractivity contribution in [3.8, 4) is 0 Å². The van der Waals surface area contributed by atoms with E-state index in [9.17, 15) is 4.79 Å². The summed E-state index contributed by atoms with van der Waals surface area (Å²) in [5.41, 5.74) is 7.27. The molecule has 4 bridgehead atoms. The molecule has 0 aromatic heterocycles. The average molecular weight is 439 g/mol. The van der Waals surface area contributed by atoms with Gasteiger partial charge in [0.1, 0.15) is 0 Å². The number of thioether (sulfide) groups is 1. The minimum Gasteiger partial charge on any atom is -0.330 e. The van der Waals surface area contributed by atoms with Crippen LogP contribution in [0.15, 0.2) is 35.3 Å². The Morgan fingerprint density at radius 2 is 1.77 bits per heavy atom. The van der Waals surface area contributed by atoms with Crippen LogP contribution in [0.25, 0.3) is 0 Å². The van der Waals surface area contributed by atoms with Crippen molar-refractivity contribution in [2.75, 3.05) is 12.3 Å². The molecule has 31 heavy (non-hydrogen) atoms. The van der Waals surface area contributed by atoms with Crippen LogP contribution in [0.5, 0.6) is 0 Å². The van der Waals surface area contributed by atoms with E-state index in [-0.39, 0.29) is 16.7 Å². The van der Waals surface area contributed by atoms with Crippen LogP contribution in [0.2, 0.25) is 0 Å². The number of nitrogens with zero attached hydrogens (tertiary/aromatic N) is 1. The maximum absolute atomic E-state index is 13.7. The van der Waals surface area contributed by atoms with E-state index < -0.39 is 0 Å². The van der Waals surface area contributed by atoms with Gasteiger partial charge in [0.05, 0.1) is 5.41 Å². The summed E-state index contributed by atoms with van der Waals surface area (Å²) >= 11 is 2.15. The first-order valence-electron chi connectivity index (χ1n) is 12.5. The summed E-state index contributed by atoms with van der Waals surface area (Å²) in [7, 11) is 0. The van der Waals surface area contributed by atoms with E-state index in [0.717, 1.165) is 43.9 Å². The smallest absolute Gasteiger partial charge is 0.251 e. The monoisotopic (exact) mass is 438 g/mol. The fourth-order valence-corrected chi connectivity index (χ4v) is 9.15. The average Bonchev–Trinajstić information content (AvgIpc) is 2.80. The Balaban J connectivity index is 1.38. The van der Waals surface area contributed by atoms with E-state index in [2.05, 4.69) is 54.0 Å². The first-order chi connectivity index (χ1) is 15.1. The summed E-state index contributed by atoms with van der Waals surface area (Å²) < 4.78 is 0. The molecule has 3 nitrogen and oxygen atoms in total. The molecule has 2 unspecified atom stereocenters. The summed E-state index contributed by atoms with van der Waals surface area (Å²) in [4.78, 5) is 18.4. The summed E-state index contributed by atoms with van der Waals surface area (Å²) in [6, 6.07) is 11.1. The first-order valence-corrected chi connectivity index (χ1v) is 13.6. The van der Waals surface area contributed by atoms with E-state index in [1.54, 1.807) is 0 Å². The van der Waals surface area contributed by atoms with Crippen LogP contribution in [0.1, 0.15) is 70.3 Å². The Kier molecular flexibility index (Phi) is 6.07. The van der Waals surface area contributed by atoms with Crippen LogP contribution in [0.3, 0.4) is 0 Å². The highest BCUT2D eigenvalue weighted by Gasteiger charge is 2.63. The highest BCUT2D eigenvalue weighted by molar-refractivity contribution is 7.99. The minimum atomic E-state index is -0.225. The minimum absolute atomic E-state index is 0.183. The predicted octanol–water partition coefficient (Wildman–Crippen LogP) is 5.62. The number of nitrogens with two attached hydrogens (primary N) is 1. The number of amides is 1. The van der Waals surface area contributed by atoms with Gasteiger partial charge in [-0.1, -0.05) is 37.3 Å². The molecule has 1 aromatic carbocycles. The number of carbonyl (C=O) groups excluding carboxylic acids is 1. The van der Waals surface area contributed by atoms with E-state index in [0.29, 0.717) is 23.7 Å². The second-order valence-electron chi connectivity index (χ2n) is 11.0. The van der Waals surface area contributed by atoms with Crippen molar-refractivity contribution in [3.05, 3.63) is 35.9 Å². The summed E-state index contributed by atoms with van der Waals surface area (Å²) in [6.07, 6.45) is 12.3. The van der Waals surface area contributed by atoms with Crippen LogP contribution in [0.4, 0.5) is 0 Å². The van der Waals surface area contributed by atoms with Gasteiger partial charge >= 0.3 is 0 Å². The summed E-state index contributed by atoms with van der Waals surface area (Å²) in [6.45, 7) is 3.08. The third-order valence-corrected chi connectivity index (χ3v) is 10.5. The van der Waals surface area contributed by atoms with Gasteiger partial charge < -0.3 is 5.73 Å². The van der Waals surface area contributed by atoms with Crippen LogP contribution in [0, 0.1) is 29.1 Å². The largest absolute Gasteiger partial charge is 0.330 e. The standard InChI is InChI=1S/C27H38N2OS/c1-2-31-24-21-12-26(23-6-4-3-5-7-23)13-22(24)15-27(14-21,18-26)25(30)29-17-20-10-8-19(16-28)9-11-20/h3-7,17,19-22,24H,2,8-16,18,28H2,1H3. The van der Waals surface area contributed by atoms with Crippen molar-refractivity contribution < 1.29 is 4.79 Å². The Bertz CT molecular complexity index is 798. The normalized spacial score (nSPS) is 41.7. The van der Waals surface area contributed by atoms with E-state index >= 15 is 0 Å². The zero-order valence-electron chi connectivity index (χ0n) is 19.0. The molecule has 5 fully saturated rings. The van der Waals surface area contributed by atoms with Crippen molar-refractivity contribution in [3.63, 3.8) is 0 Å². The van der Waals surface area contributed by atoms with Gasteiger partial charge in [0.15, 0.2) is 0 Å². The van der Waals surface area contributed by atoms with Crippen molar-refractivity contribution >= 4 is 23.9 Å². The lowest BCUT2D eigenvalue weighted by molar-refractivity contribution is -0.144. The fourth-order valence-electron chi connectivity index (χ4n) is 7.83. The van der Waals surface area contributed by atoms with Crippen LogP contribution in [-0.2, 0) is 10.2 Å². The van der Waals surface area contributed by atoms with Gasteiger partial charge in [-0.3, -0.25) is 4.79 Å². The van der Waals surface area contributed by atoms with Gasteiger partial charge in [-0.15, -0.1) is 0 Å². The zero-order chi connectivity index (χ0) is 21.5. The highest BCUT2D eigenvalue weighted by Crippen LogP contribution is 2.67. The maximum atomic E-state index is 13.7. The van der Waals surface area contributed by atoms with Gasteiger partial charge in [0.25, 0.3) is 5.91 Å². The van der Waals surface area contributed by atoms with E-state index in [1.165, 1.54) is 37.0 Å². The lowest BCUT2D eigenvalue weighted by atomic mass is 9.42. The molecule has 0 saturated heterocycles. The molecule has 2 N–H and O–H groups in total. The zero-order valence-corrected chi connectivity index (χ0v) is 19.8. The SMILES string of the molecule is CCSC1C2CC3(C(=O)N=CC4CCC(CN)CC4)CC1CC(c1ccccc1)(C2)C3. The lowest BCUT2D eigenvalue weighted by Crippen LogP contribution is -2.61. The number of carbonyl (C=O) groups is 1. The number of aliphatic imine (C=N–C) groups is 1. The quantitative estimate of drug-likeness (QED) is 0.587. The van der Waals surface area contributed by atoms with Crippen molar-refractivity contribution in [1.82, 2.24) is 0 Å². The lowest BCUT2D eigenvalue weighted by Gasteiger charge is -2.64. The molecule has 168 valence electrons. The highest BCUT2D eigenvalue weighted by atomic mass is 32.2. The van der Waals surface area contributed by atoms with Gasteiger partial charge in [-0.25, -0.2) is 4.99 Å². The third-order valence-electron chi connectivity index (χ3n) is 9.04. The Labute approximate surface area is 192 Å². The first kappa shape index (κ1) is 21.7. The van der Waals surface area contributed by atoms with Crippen LogP contribution in [-0.4, -0.2) is 29.7 Å². The molecular formula is C27H38N2OS. The number of benzene rings is 1. The molecule has 5 saturated carbocycles. The molecule has 0 spiro atoms. The number of rotatable bonds is 6. The Hall–Kier alpha value is -1.13. The second kappa shape index (κ2) is 8.67. The molecule has 5 aliphatic carbocycles. The molecule has 1 aromatic rings. The second-order valence-corrected chi connectivity index (χ2v) is 12.4. The van der Waals surface area contributed by atoms with Gasteiger partial charge in [-0.2, -0.15) is 11.8 Å². The van der Waals surface area contributed by atoms with Crippen molar-refractivity contribution in [2.24, 2.45) is 39.8 Å². The molecule has 0 heterocycles. The summed E-state index contributed by atoms with van der Waals surface area (Å²) in [5.74, 6) is 3.83. The van der Waals surface area contributed by atoms with Crippen molar-refractivity contribution in [2.45, 2.75) is 75.4 Å². The molecule has 0 radical (unpaired) electrons. The summed E-state index contributed by atoms with van der Waals surface area (Å²) in [5, 5.41) is 0.735. The van der Waals surface area contributed by atoms with Crippen molar-refractivity contribution in [1.29, 1.82) is 0 Å². The van der Waals surface area contributed by atoms with Gasteiger partial charge in [0.2, 0.25) is 0 Å². The molecule has 1 amide bonds. The van der Waals surface area contributed by atoms with Crippen LogP contribution < -0.4 is 5.73 Å². The third kappa shape index (κ3) is 3.93. The predicted molar refractivity (Wildman–Crippen MR) is 131 cm³/mol. The molecule has 4 heteroatoms. The number of hydrogen-bond acceptors (Lipinski definition) is 3. The van der Waals surface area contributed by atoms with E-state index in [1.807, 2.05) is 6.21 Å².